The molecule has 0 aliphatic heterocycles. The summed E-state index contributed by atoms with van der Waals surface area (Å²) >= 11 is 0. The van der Waals surface area contributed by atoms with E-state index in [0.29, 0.717) is 12.1 Å². The molecule has 2 aromatic rings. The third-order valence-electron chi connectivity index (χ3n) is 2.28. The second kappa shape index (κ2) is 4.22. The average Bonchev–Trinajstić information content (AvgIpc) is 2.15. The molecule has 0 spiro atoms. The molecular weight excluding hydrogens is 201 g/mol. The summed E-state index contributed by atoms with van der Waals surface area (Å²) in [5, 5.41) is 0. The molecule has 1 aromatic heterocycles. The number of nitrogen functional groups attached to an aromatic ring is 1. The molecule has 0 unspecified atom stereocenters. The van der Waals surface area contributed by atoms with Gasteiger partial charge in [-0.05, 0) is 5.56 Å². The van der Waals surface area contributed by atoms with Crippen LogP contribution >= 0.6 is 0 Å². The number of nitrogens with two attached hydrogens (primary N) is 1. The van der Waals surface area contributed by atoms with Gasteiger partial charge in [0.25, 0.3) is 5.56 Å². The van der Waals surface area contributed by atoms with Crippen LogP contribution in [0.1, 0.15) is 11.3 Å². The molecule has 0 bridgehead atoms. The van der Waals surface area contributed by atoms with Gasteiger partial charge in [-0.2, -0.15) is 0 Å². The van der Waals surface area contributed by atoms with Crippen molar-refractivity contribution in [2.24, 2.45) is 0 Å². The lowest BCUT2D eigenvalue weighted by atomic mass is 9.93. The first-order chi connectivity index (χ1) is 7.63. The van der Waals surface area contributed by atoms with Crippen LogP contribution in [0.2, 0.25) is 0 Å². The number of anilines is 1. The molecule has 4 nitrogen and oxygen atoms in total. The molecule has 0 atom stereocenters. The Bertz CT molecular complexity index is 565. The van der Waals surface area contributed by atoms with Crippen LogP contribution in [-0.4, -0.2) is 17.8 Å². The van der Waals surface area contributed by atoms with Crippen molar-refractivity contribution in [3.05, 3.63) is 51.9 Å². The van der Waals surface area contributed by atoms with Crippen molar-refractivity contribution in [3.8, 4) is 0 Å². The van der Waals surface area contributed by atoms with E-state index in [-0.39, 0.29) is 11.5 Å². The molecule has 80 valence electrons. The van der Waals surface area contributed by atoms with Crippen molar-refractivity contribution in [2.45, 2.75) is 6.42 Å². The van der Waals surface area contributed by atoms with E-state index in [1.54, 1.807) is 0 Å². The van der Waals surface area contributed by atoms with Crippen molar-refractivity contribution in [3.63, 3.8) is 0 Å². The molecule has 5 heteroatoms. The highest BCUT2D eigenvalue weighted by Crippen LogP contribution is 2.04. The van der Waals surface area contributed by atoms with Crippen LogP contribution in [0.25, 0.3) is 0 Å². The fourth-order valence-corrected chi connectivity index (χ4v) is 1.65. The zero-order chi connectivity index (χ0) is 11.5. The Kier molecular flexibility index (Phi) is 2.77. The van der Waals surface area contributed by atoms with Crippen molar-refractivity contribution < 1.29 is 0 Å². The van der Waals surface area contributed by atoms with Crippen LogP contribution in [0.5, 0.6) is 0 Å². The third kappa shape index (κ3) is 2.50. The summed E-state index contributed by atoms with van der Waals surface area (Å²) in [6.45, 7) is 0. The minimum absolute atomic E-state index is 0.162. The fraction of sp³-hybridized carbons (Fsp3) is 0.0909. The molecule has 0 amide bonds. The molecule has 2 rings (SSSR count). The number of hydrogen-bond donors (Lipinski definition) is 2. The van der Waals surface area contributed by atoms with Gasteiger partial charge in [-0.25, -0.2) is 4.98 Å². The molecule has 16 heavy (non-hydrogen) atoms. The summed E-state index contributed by atoms with van der Waals surface area (Å²) < 4.78 is 0. The Morgan fingerprint density at radius 2 is 2.19 bits per heavy atom. The van der Waals surface area contributed by atoms with Gasteiger partial charge in [0, 0.05) is 12.5 Å². The molecule has 0 saturated heterocycles. The quantitative estimate of drug-likeness (QED) is 0.641. The first-order valence-electron chi connectivity index (χ1n) is 5.05. The number of aromatic nitrogens is 2. The standard InChI is InChI=1S/C11H12BN3O/c12-8-3-1-2-7(4-8)5-9-6-10(16)15-11(13)14-9/h1-4,6H,5,12H2,(H3,13,14,15,16). The molecule has 0 aliphatic rings. The zero-order valence-electron chi connectivity index (χ0n) is 9.03. The second-order valence-corrected chi connectivity index (χ2v) is 3.79. The predicted octanol–water partition coefficient (Wildman–Crippen LogP) is -0.799. The van der Waals surface area contributed by atoms with E-state index in [1.807, 2.05) is 26.0 Å². The summed E-state index contributed by atoms with van der Waals surface area (Å²) in [4.78, 5) is 17.7. The first-order valence-corrected chi connectivity index (χ1v) is 5.05. The van der Waals surface area contributed by atoms with Gasteiger partial charge in [-0.3, -0.25) is 9.78 Å². The summed E-state index contributed by atoms with van der Waals surface area (Å²) in [6, 6.07) is 9.56. The monoisotopic (exact) mass is 213 g/mol. The molecule has 1 aromatic carbocycles. The maximum Gasteiger partial charge on any atom is 0.252 e. The lowest BCUT2D eigenvalue weighted by Gasteiger charge is -2.02. The van der Waals surface area contributed by atoms with Crippen LogP contribution in [0, 0.1) is 0 Å². The third-order valence-corrected chi connectivity index (χ3v) is 2.28. The topological polar surface area (TPSA) is 71.8 Å². The zero-order valence-corrected chi connectivity index (χ0v) is 9.03. The number of hydrogen-bond acceptors (Lipinski definition) is 3. The Morgan fingerprint density at radius 1 is 1.38 bits per heavy atom. The van der Waals surface area contributed by atoms with Crippen molar-refractivity contribution >= 4 is 19.3 Å². The van der Waals surface area contributed by atoms with Crippen LogP contribution in [-0.2, 0) is 6.42 Å². The Morgan fingerprint density at radius 3 is 2.88 bits per heavy atom. The largest absolute Gasteiger partial charge is 0.369 e. The Balaban J connectivity index is 2.30. The van der Waals surface area contributed by atoms with Gasteiger partial charge in [0.15, 0.2) is 0 Å². The normalized spacial score (nSPS) is 10.2. The van der Waals surface area contributed by atoms with Gasteiger partial charge in [-0.1, -0.05) is 29.7 Å². The molecule has 0 aliphatic carbocycles. The maximum atomic E-state index is 11.2. The SMILES string of the molecule is Bc1cccc(Cc2cc(=O)[nH]c(N)n2)c1. The summed E-state index contributed by atoms with van der Waals surface area (Å²) in [7, 11) is 2.03. The number of nitrogens with one attached hydrogen (secondary N) is 1. The number of nitrogens with zero attached hydrogens (tertiary/aromatic N) is 1. The first kappa shape index (κ1) is 10.5. The highest BCUT2D eigenvalue weighted by molar-refractivity contribution is 6.32. The fourth-order valence-electron chi connectivity index (χ4n) is 1.65. The highest BCUT2D eigenvalue weighted by atomic mass is 16.1. The molecular formula is C11H12BN3O. The van der Waals surface area contributed by atoms with Gasteiger partial charge in [0.2, 0.25) is 5.95 Å². The van der Waals surface area contributed by atoms with E-state index in [1.165, 1.54) is 11.5 Å². The predicted molar refractivity (Wildman–Crippen MR) is 66.7 cm³/mol. The minimum atomic E-state index is -0.213. The van der Waals surface area contributed by atoms with Gasteiger partial charge in [0.05, 0.1) is 5.69 Å². The molecule has 0 fully saturated rings. The lowest BCUT2D eigenvalue weighted by Crippen LogP contribution is -2.12. The van der Waals surface area contributed by atoms with Crippen LogP contribution < -0.4 is 16.8 Å². The Hall–Kier alpha value is -2.04. The number of rotatable bonds is 2. The summed E-state index contributed by atoms with van der Waals surface area (Å²) in [5.74, 6) is 0.162. The van der Waals surface area contributed by atoms with E-state index in [0.717, 1.165) is 5.56 Å². The van der Waals surface area contributed by atoms with E-state index in [9.17, 15) is 4.79 Å². The van der Waals surface area contributed by atoms with Gasteiger partial charge in [0.1, 0.15) is 7.85 Å². The highest BCUT2D eigenvalue weighted by Gasteiger charge is 2.00. The van der Waals surface area contributed by atoms with Crippen molar-refractivity contribution in [2.75, 3.05) is 5.73 Å². The second-order valence-electron chi connectivity index (χ2n) is 3.79. The van der Waals surface area contributed by atoms with Crippen molar-refractivity contribution in [1.82, 2.24) is 9.97 Å². The molecule has 1 heterocycles. The van der Waals surface area contributed by atoms with Gasteiger partial charge >= 0.3 is 0 Å². The smallest absolute Gasteiger partial charge is 0.252 e. The summed E-state index contributed by atoms with van der Waals surface area (Å²) in [5.41, 5.74) is 8.26. The van der Waals surface area contributed by atoms with E-state index in [4.69, 9.17) is 5.73 Å². The maximum absolute atomic E-state index is 11.2. The Labute approximate surface area is 93.9 Å². The van der Waals surface area contributed by atoms with Crippen LogP contribution in [0.4, 0.5) is 5.95 Å². The van der Waals surface area contributed by atoms with E-state index >= 15 is 0 Å². The molecule has 0 saturated carbocycles. The van der Waals surface area contributed by atoms with Crippen LogP contribution in [0.3, 0.4) is 0 Å². The lowest BCUT2D eigenvalue weighted by molar-refractivity contribution is 1.02. The summed E-state index contributed by atoms with van der Waals surface area (Å²) in [6.07, 6.45) is 0.621. The van der Waals surface area contributed by atoms with E-state index in [2.05, 4.69) is 16.0 Å². The van der Waals surface area contributed by atoms with E-state index < -0.39 is 0 Å². The molecule has 0 radical (unpaired) electrons. The number of H-pyrrole nitrogens is 1. The molecule has 3 N–H and O–H groups in total. The minimum Gasteiger partial charge on any atom is -0.369 e. The van der Waals surface area contributed by atoms with Crippen LogP contribution in [0.15, 0.2) is 35.1 Å². The van der Waals surface area contributed by atoms with Gasteiger partial charge < -0.3 is 5.73 Å². The van der Waals surface area contributed by atoms with Gasteiger partial charge in [-0.15, -0.1) is 0 Å². The average molecular weight is 213 g/mol. The van der Waals surface area contributed by atoms with Crippen molar-refractivity contribution in [1.29, 1.82) is 0 Å². The number of benzene rings is 1. The number of aromatic amines is 1.